The van der Waals surface area contributed by atoms with Crippen molar-refractivity contribution in [3.05, 3.63) is 67.8 Å². The Bertz CT molecular complexity index is 945. The summed E-state index contributed by atoms with van der Waals surface area (Å²) in [5.41, 5.74) is -4.14. The fourth-order valence-electron chi connectivity index (χ4n) is 2.50. The molecule has 2 rings (SSSR count). The van der Waals surface area contributed by atoms with Gasteiger partial charge in [-0.15, -0.1) is 0 Å². The van der Waals surface area contributed by atoms with E-state index >= 15 is 0 Å². The van der Waals surface area contributed by atoms with Crippen molar-refractivity contribution < 1.29 is 32.9 Å². The van der Waals surface area contributed by atoms with Crippen molar-refractivity contribution in [1.82, 2.24) is 5.32 Å². The summed E-state index contributed by atoms with van der Waals surface area (Å²) in [6, 6.07) is 5.99. The third-order valence-corrected chi connectivity index (χ3v) is 3.87. The van der Waals surface area contributed by atoms with Crippen LogP contribution in [0.1, 0.15) is 22.3 Å². The molecule has 2 aromatic rings. The molecule has 0 saturated carbocycles. The summed E-state index contributed by atoms with van der Waals surface area (Å²) in [6.07, 6.45) is -4.84. The molecule has 0 radical (unpaired) electrons. The number of carbonyl (C=O) groups excluding carboxylic acids is 1. The first-order valence-corrected chi connectivity index (χ1v) is 8.36. The van der Waals surface area contributed by atoms with Gasteiger partial charge in [0.1, 0.15) is 5.75 Å². The molecule has 0 spiro atoms. The smallest absolute Gasteiger partial charge is 0.416 e. The van der Waals surface area contributed by atoms with Gasteiger partial charge in [-0.1, -0.05) is 6.07 Å². The highest BCUT2D eigenvalue weighted by molar-refractivity contribution is 5.94. The maximum atomic E-state index is 12.9. The van der Waals surface area contributed by atoms with Gasteiger partial charge in [-0.05, 0) is 24.6 Å². The zero-order chi connectivity index (χ0) is 22.5. The van der Waals surface area contributed by atoms with Crippen LogP contribution in [0.15, 0.2) is 36.4 Å². The molecule has 0 aromatic heterocycles. The molecule has 0 aliphatic heterocycles. The van der Waals surface area contributed by atoms with Crippen LogP contribution in [-0.2, 0) is 6.18 Å². The average molecular weight is 428 g/mol. The number of hydrogen-bond donors (Lipinski definition) is 3. The van der Waals surface area contributed by atoms with E-state index in [-0.39, 0.29) is 43.0 Å². The van der Waals surface area contributed by atoms with Gasteiger partial charge in [0.05, 0.1) is 15.4 Å². The normalized spacial score (nSPS) is 11.0. The Morgan fingerprint density at radius 3 is 2.13 bits per heavy atom. The second kappa shape index (κ2) is 9.07. The number of alkyl halides is 3. The van der Waals surface area contributed by atoms with Gasteiger partial charge in [0, 0.05) is 30.8 Å². The van der Waals surface area contributed by atoms with E-state index in [1.165, 1.54) is 24.3 Å². The molecule has 10 nitrogen and oxygen atoms in total. The highest BCUT2D eigenvalue weighted by Gasteiger charge is 2.37. The Kier molecular flexibility index (Phi) is 6.77. The van der Waals surface area contributed by atoms with E-state index in [0.29, 0.717) is 0 Å². The molecule has 3 N–H and O–H groups in total. The van der Waals surface area contributed by atoms with E-state index < -0.39 is 44.6 Å². The first-order valence-electron chi connectivity index (χ1n) is 8.36. The predicted molar refractivity (Wildman–Crippen MR) is 98.3 cm³/mol. The minimum absolute atomic E-state index is 0.0592. The molecule has 0 saturated heterocycles. The first-order chi connectivity index (χ1) is 14.0. The van der Waals surface area contributed by atoms with Crippen molar-refractivity contribution in [2.45, 2.75) is 12.6 Å². The van der Waals surface area contributed by atoms with Crippen molar-refractivity contribution in [2.24, 2.45) is 0 Å². The van der Waals surface area contributed by atoms with Crippen LogP contribution in [0.3, 0.4) is 0 Å². The minimum Gasteiger partial charge on any atom is -0.508 e. The van der Waals surface area contributed by atoms with Gasteiger partial charge in [0.2, 0.25) is 0 Å². The van der Waals surface area contributed by atoms with Gasteiger partial charge in [0.25, 0.3) is 17.3 Å². The second-order valence-corrected chi connectivity index (χ2v) is 5.99. The monoisotopic (exact) mass is 428 g/mol. The maximum absolute atomic E-state index is 12.9. The van der Waals surface area contributed by atoms with Crippen molar-refractivity contribution in [1.29, 1.82) is 0 Å². The average Bonchev–Trinajstić information content (AvgIpc) is 2.66. The number of phenols is 1. The number of nitro benzene ring substituents is 2. The Morgan fingerprint density at radius 1 is 1.03 bits per heavy atom. The lowest BCUT2D eigenvalue weighted by Crippen LogP contribution is -2.25. The fraction of sp³-hybridized carbons (Fsp3) is 0.235. The van der Waals surface area contributed by atoms with E-state index in [1.807, 2.05) is 0 Å². The second-order valence-electron chi connectivity index (χ2n) is 5.99. The Labute approximate surface area is 166 Å². The highest BCUT2D eigenvalue weighted by atomic mass is 19.4. The van der Waals surface area contributed by atoms with Gasteiger partial charge >= 0.3 is 6.18 Å². The van der Waals surface area contributed by atoms with Crippen LogP contribution in [0.5, 0.6) is 5.75 Å². The number of phenolic OH excluding ortho intramolecular Hbond substituents is 1. The molecule has 0 aliphatic carbocycles. The molecule has 1 amide bonds. The third kappa shape index (κ3) is 5.56. The molecule has 0 atom stereocenters. The number of amides is 1. The highest BCUT2D eigenvalue weighted by Crippen LogP contribution is 2.41. The Balaban J connectivity index is 2.08. The molecular weight excluding hydrogens is 413 g/mol. The van der Waals surface area contributed by atoms with Crippen LogP contribution in [0, 0.1) is 20.2 Å². The number of benzene rings is 2. The van der Waals surface area contributed by atoms with Crippen LogP contribution < -0.4 is 10.6 Å². The topological polar surface area (TPSA) is 148 Å². The van der Waals surface area contributed by atoms with Crippen LogP contribution in [0.2, 0.25) is 0 Å². The van der Waals surface area contributed by atoms with E-state index in [4.69, 9.17) is 0 Å². The van der Waals surface area contributed by atoms with Gasteiger partial charge in [-0.3, -0.25) is 25.0 Å². The van der Waals surface area contributed by atoms with Crippen LogP contribution >= 0.6 is 0 Å². The largest absolute Gasteiger partial charge is 0.508 e. The maximum Gasteiger partial charge on any atom is 0.416 e. The predicted octanol–water partition coefficient (Wildman–Crippen LogP) is 3.46. The number of nitro groups is 2. The lowest BCUT2D eigenvalue weighted by atomic mass is 10.1. The van der Waals surface area contributed by atoms with Gasteiger partial charge in [-0.25, -0.2) is 0 Å². The number of hydrogen-bond acceptors (Lipinski definition) is 7. The number of nitrogens with one attached hydrogen (secondary N) is 2. The number of anilines is 1. The van der Waals surface area contributed by atoms with Crippen molar-refractivity contribution >= 4 is 23.0 Å². The van der Waals surface area contributed by atoms with E-state index in [1.54, 1.807) is 0 Å². The zero-order valence-electron chi connectivity index (χ0n) is 15.1. The van der Waals surface area contributed by atoms with Gasteiger partial charge in [0.15, 0.2) is 5.69 Å². The Hall–Kier alpha value is -3.90. The number of aromatic hydroxyl groups is 1. The number of rotatable bonds is 8. The molecule has 0 bridgehead atoms. The summed E-state index contributed by atoms with van der Waals surface area (Å²) >= 11 is 0. The summed E-state index contributed by atoms with van der Waals surface area (Å²) in [6.45, 7) is -0.0446. The number of carbonyl (C=O) groups is 1. The molecule has 13 heteroatoms. The zero-order valence-corrected chi connectivity index (χ0v) is 15.1. The lowest BCUT2D eigenvalue weighted by Gasteiger charge is -2.12. The molecular formula is C17H15F3N4O6. The molecule has 30 heavy (non-hydrogen) atoms. The van der Waals surface area contributed by atoms with Crippen molar-refractivity contribution in [2.75, 3.05) is 18.4 Å². The van der Waals surface area contributed by atoms with Crippen molar-refractivity contribution in [3.8, 4) is 5.75 Å². The summed E-state index contributed by atoms with van der Waals surface area (Å²) in [5, 5.41) is 36.5. The molecule has 160 valence electrons. The van der Waals surface area contributed by atoms with E-state index in [9.17, 15) is 43.3 Å². The van der Waals surface area contributed by atoms with Crippen LogP contribution in [0.4, 0.5) is 30.2 Å². The van der Waals surface area contributed by atoms with Crippen LogP contribution in [0.25, 0.3) is 0 Å². The molecule has 0 heterocycles. The van der Waals surface area contributed by atoms with Gasteiger partial charge < -0.3 is 15.7 Å². The van der Waals surface area contributed by atoms with Gasteiger partial charge in [-0.2, -0.15) is 13.2 Å². The quantitative estimate of drug-likeness (QED) is 0.331. The molecule has 0 aliphatic rings. The summed E-state index contributed by atoms with van der Waals surface area (Å²) in [4.78, 5) is 31.9. The van der Waals surface area contributed by atoms with E-state index in [0.717, 1.165) is 0 Å². The first kappa shape index (κ1) is 22.4. The lowest BCUT2D eigenvalue weighted by molar-refractivity contribution is -0.392. The van der Waals surface area contributed by atoms with E-state index in [2.05, 4.69) is 10.6 Å². The Morgan fingerprint density at radius 2 is 1.63 bits per heavy atom. The SMILES string of the molecule is O=C(NCCCNc1c([N+](=O)[O-])cc(C(F)(F)F)cc1[N+](=O)[O-])c1cccc(O)c1. The number of halogens is 3. The van der Waals surface area contributed by atoms with Crippen molar-refractivity contribution in [3.63, 3.8) is 0 Å². The molecule has 0 fully saturated rings. The fourth-order valence-corrected chi connectivity index (χ4v) is 2.50. The molecule has 2 aromatic carbocycles. The standard InChI is InChI=1S/C17H15F3N4O6/c18-17(19,20)11-8-13(23(27)28)15(14(9-11)24(29)30)21-5-2-6-22-16(26)10-3-1-4-12(25)7-10/h1,3-4,7-9,21,25H,2,5-6H2,(H,22,26). The summed E-state index contributed by atoms with van der Waals surface area (Å²) in [5.74, 6) is -0.608. The van der Waals surface area contributed by atoms with Crippen LogP contribution in [-0.4, -0.2) is 33.9 Å². The molecule has 0 unspecified atom stereocenters. The summed E-state index contributed by atoms with van der Waals surface area (Å²) in [7, 11) is 0. The minimum atomic E-state index is -5.00. The third-order valence-electron chi connectivity index (χ3n) is 3.87. The number of nitrogens with zero attached hydrogens (tertiary/aromatic N) is 2. The summed E-state index contributed by atoms with van der Waals surface area (Å²) < 4.78 is 38.6.